The number of carbonyl (C=O) groups is 1. The van der Waals surface area contributed by atoms with Crippen LogP contribution in [0.2, 0.25) is 0 Å². The van der Waals surface area contributed by atoms with Crippen LogP contribution >= 0.6 is 0 Å². The van der Waals surface area contributed by atoms with Crippen molar-refractivity contribution in [3.05, 3.63) is 29.3 Å². The lowest BCUT2D eigenvalue weighted by Crippen LogP contribution is -2.10. The lowest BCUT2D eigenvalue weighted by molar-refractivity contribution is -0.137. The molecule has 13 heavy (non-hydrogen) atoms. The molecule has 1 aromatic carbocycles. The summed E-state index contributed by atoms with van der Waals surface area (Å²) in [6, 6.07) is 5.02. The third-order valence-corrected chi connectivity index (χ3v) is 2.33. The third-order valence-electron chi connectivity index (χ3n) is 2.33. The fourth-order valence-electron chi connectivity index (χ4n) is 1.68. The van der Waals surface area contributed by atoms with E-state index < -0.39 is 0 Å². The molecule has 0 aromatic heterocycles. The van der Waals surface area contributed by atoms with Crippen LogP contribution in [0.3, 0.4) is 0 Å². The smallest absolute Gasteiger partial charge is 0.165 e. The molecule has 0 amide bonds. The summed E-state index contributed by atoms with van der Waals surface area (Å²) in [7, 11) is 0. The maximum absolute atomic E-state index is 11.4. The summed E-state index contributed by atoms with van der Waals surface area (Å²) in [5, 5.41) is 8.42. The maximum atomic E-state index is 11.4. The normalized spacial score (nSPS) is 15.3. The Labute approximate surface area is 75.9 Å². The van der Waals surface area contributed by atoms with Gasteiger partial charge in [0.05, 0.1) is 0 Å². The Bertz CT molecular complexity index is 344. The number of benzene rings is 1. The number of fused-ring (bicyclic) bond motifs is 1. The maximum Gasteiger partial charge on any atom is 0.165 e. The highest BCUT2D eigenvalue weighted by Gasteiger charge is 2.17. The van der Waals surface area contributed by atoms with E-state index in [1.807, 2.05) is 0 Å². The average molecular weight is 178 g/mol. The molecule has 2 rings (SSSR count). The largest absolute Gasteiger partial charge is 0.340 e. The Morgan fingerprint density at radius 2 is 2.15 bits per heavy atom. The van der Waals surface area contributed by atoms with Gasteiger partial charge in [-0.1, -0.05) is 0 Å². The van der Waals surface area contributed by atoms with Crippen molar-refractivity contribution in [3.8, 4) is 5.75 Å². The van der Waals surface area contributed by atoms with Gasteiger partial charge in [0.15, 0.2) is 11.5 Å². The first-order valence-corrected chi connectivity index (χ1v) is 4.29. The van der Waals surface area contributed by atoms with Gasteiger partial charge in [0.1, 0.15) is 0 Å². The van der Waals surface area contributed by atoms with Crippen LogP contribution in [-0.4, -0.2) is 11.0 Å². The first-order valence-electron chi connectivity index (χ1n) is 4.29. The summed E-state index contributed by atoms with van der Waals surface area (Å²) in [6.07, 6.45) is 2.41. The number of carbonyl (C=O) groups excluding carboxylic acids is 1. The molecule has 0 heterocycles. The molecule has 0 unspecified atom stereocenters. The Balaban J connectivity index is 2.45. The second kappa shape index (κ2) is 3.18. The molecular weight excluding hydrogens is 168 g/mol. The summed E-state index contributed by atoms with van der Waals surface area (Å²) >= 11 is 0. The van der Waals surface area contributed by atoms with Gasteiger partial charge in [-0.3, -0.25) is 4.79 Å². The van der Waals surface area contributed by atoms with Crippen molar-refractivity contribution in [1.29, 1.82) is 0 Å². The fourth-order valence-corrected chi connectivity index (χ4v) is 1.68. The van der Waals surface area contributed by atoms with E-state index in [0.29, 0.717) is 12.2 Å². The van der Waals surface area contributed by atoms with Crippen LogP contribution in [0.1, 0.15) is 28.8 Å². The second-order valence-electron chi connectivity index (χ2n) is 3.19. The van der Waals surface area contributed by atoms with E-state index in [9.17, 15) is 4.79 Å². The molecule has 0 saturated carbocycles. The molecule has 0 bridgehead atoms. The molecule has 3 heteroatoms. The van der Waals surface area contributed by atoms with Crippen LogP contribution in [0.5, 0.6) is 5.75 Å². The molecule has 1 aliphatic carbocycles. The van der Waals surface area contributed by atoms with Crippen molar-refractivity contribution in [2.24, 2.45) is 0 Å². The molecule has 0 saturated heterocycles. The molecule has 1 aromatic rings. The van der Waals surface area contributed by atoms with E-state index in [0.717, 1.165) is 24.0 Å². The summed E-state index contributed by atoms with van der Waals surface area (Å²) in [6.45, 7) is 0. The molecule has 0 spiro atoms. The van der Waals surface area contributed by atoms with Crippen LogP contribution in [-0.2, 0) is 6.42 Å². The molecule has 0 radical (unpaired) electrons. The van der Waals surface area contributed by atoms with Gasteiger partial charge in [0, 0.05) is 12.0 Å². The van der Waals surface area contributed by atoms with Crippen molar-refractivity contribution in [1.82, 2.24) is 0 Å². The van der Waals surface area contributed by atoms with E-state index in [-0.39, 0.29) is 5.78 Å². The van der Waals surface area contributed by atoms with Gasteiger partial charge in [-0.05, 0) is 36.6 Å². The molecule has 1 N–H and O–H groups in total. The van der Waals surface area contributed by atoms with Crippen molar-refractivity contribution < 1.29 is 14.9 Å². The van der Waals surface area contributed by atoms with E-state index in [1.54, 1.807) is 18.2 Å². The SMILES string of the molecule is O=C1CCCc2cc(OO)ccc21. The zero-order valence-electron chi connectivity index (χ0n) is 7.12. The predicted molar refractivity (Wildman–Crippen MR) is 47.0 cm³/mol. The van der Waals surface area contributed by atoms with Gasteiger partial charge in [-0.25, -0.2) is 5.26 Å². The van der Waals surface area contributed by atoms with E-state index in [4.69, 9.17) is 5.26 Å². The average Bonchev–Trinajstić information content (AvgIpc) is 2.18. The highest BCUT2D eigenvalue weighted by Crippen LogP contribution is 2.24. The molecule has 1 aliphatic rings. The quantitative estimate of drug-likeness (QED) is 0.528. The highest BCUT2D eigenvalue weighted by atomic mass is 17.1. The van der Waals surface area contributed by atoms with Crippen LogP contribution in [0.25, 0.3) is 0 Å². The van der Waals surface area contributed by atoms with Crippen LogP contribution in [0.15, 0.2) is 18.2 Å². The number of rotatable bonds is 1. The Morgan fingerprint density at radius 3 is 2.92 bits per heavy atom. The summed E-state index contributed by atoms with van der Waals surface area (Å²) < 4.78 is 0. The molecule has 68 valence electrons. The Morgan fingerprint density at radius 1 is 1.31 bits per heavy atom. The fraction of sp³-hybridized carbons (Fsp3) is 0.300. The topological polar surface area (TPSA) is 46.5 Å². The summed E-state index contributed by atoms with van der Waals surface area (Å²) in [5.41, 5.74) is 1.75. The minimum atomic E-state index is 0.186. The van der Waals surface area contributed by atoms with Gasteiger partial charge in [-0.2, -0.15) is 0 Å². The standard InChI is InChI=1S/C10H10O3/c11-10-3-1-2-7-6-8(13-12)4-5-9(7)10/h4-6,12H,1-3H2. The first-order chi connectivity index (χ1) is 6.31. The zero-order valence-corrected chi connectivity index (χ0v) is 7.12. The number of hydrogen-bond acceptors (Lipinski definition) is 3. The minimum absolute atomic E-state index is 0.186. The summed E-state index contributed by atoms with van der Waals surface area (Å²) in [4.78, 5) is 15.5. The highest BCUT2D eigenvalue weighted by molar-refractivity contribution is 5.98. The Hall–Kier alpha value is -1.35. The Kier molecular flexibility index (Phi) is 2.02. The van der Waals surface area contributed by atoms with Gasteiger partial charge in [0.2, 0.25) is 0 Å². The lowest BCUT2D eigenvalue weighted by Gasteiger charge is -2.14. The van der Waals surface area contributed by atoms with Crippen molar-refractivity contribution in [2.45, 2.75) is 19.3 Å². The van der Waals surface area contributed by atoms with Gasteiger partial charge in [0.25, 0.3) is 0 Å². The van der Waals surface area contributed by atoms with Crippen molar-refractivity contribution in [2.75, 3.05) is 0 Å². The van der Waals surface area contributed by atoms with Crippen LogP contribution in [0.4, 0.5) is 0 Å². The second-order valence-corrected chi connectivity index (χ2v) is 3.19. The zero-order chi connectivity index (χ0) is 9.26. The predicted octanol–water partition coefficient (Wildman–Crippen LogP) is 2.06. The van der Waals surface area contributed by atoms with E-state index in [2.05, 4.69) is 4.89 Å². The number of ketones is 1. The third kappa shape index (κ3) is 1.42. The van der Waals surface area contributed by atoms with Crippen molar-refractivity contribution in [3.63, 3.8) is 0 Å². The molecule has 0 atom stereocenters. The molecule has 3 nitrogen and oxygen atoms in total. The lowest BCUT2D eigenvalue weighted by atomic mass is 9.91. The molecular formula is C10H10O3. The van der Waals surface area contributed by atoms with Gasteiger partial charge < -0.3 is 4.89 Å². The first kappa shape index (κ1) is 8.26. The van der Waals surface area contributed by atoms with E-state index >= 15 is 0 Å². The monoisotopic (exact) mass is 178 g/mol. The molecule has 0 fully saturated rings. The van der Waals surface area contributed by atoms with Crippen LogP contribution in [0, 0.1) is 0 Å². The van der Waals surface area contributed by atoms with Crippen molar-refractivity contribution >= 4 is 5.78 Å². The summed E-state index contributed by atoms with van der Waals surface area (Å²) in [5.74, 6) is 0.583. The number of Topliss-reactive ketones (excluding diaryl/α,β-unsaturated/α-hetero) is 1. The van der Waals surface area contributed by atoms with Gasteiger partial charge >= 0.3 is 0 Å². The molecule has 0 aliphatic heterocycles. The van der Waals surface area contributed by atoms with E-state index in [1.165, 1.54) is 0 Å². The van der Waals surface area contributed by atoms with Gasteiger partial charge in [-0.15, -0.1) is 0 Å². The number of hydrogen-bond donors (Lipinski definition) is 1. The minimum Gasteiger partial charge on any atom is -0.340 e. The van der Waals surface area contributed by atoms with Crippen LogP contribution < -0.4 is 4.89 Å². The number of aryl methyl sites for hydroxylation is 1.